The maximum Gasteiger partial charge on any atom is 0.163 e. The molecule has 0 spiro atoms. The summed E-state index contributed by atoms with van der Waals surface area (Å²) in [5.74, 6) is 0.164. The highest BCUT2D eigenvalue weighted by molar-refractivity contribution is 5.96. The van der Waals surface area contributed by atoms with E-state index in [0.29, 0.717) is 17.9 Å². The van der Waals surface area contributed by atoms with Crippen LogP contribution in [0.25, 0.3) is 0 Å². The molecule has 0 aliphatic carbocycles. The van der Waals surface area contributed by atoms with Gasteiger partial charge in [-0.1, -0.05) is 62.2 Å². The fourth-order valence-electron chi connectivity index (χ4n) is 3.25. The Bertz CT molecular complexity index is 715. The van der Waals surface area contributed by atoms with Gasteiger partial charge in [0.05, 0.1) is 5.56 Å². The first kappa shape index (κ1) is 18.4. The minimum Gasteiger partial charge on any atom is -0.294 e. The summed E-state index contributed by atoms with van der Waals surface area (Å²) < 4.78 is 14.5. The van der Waals surface area contributed by atoms with Crippen molar-refractivity contribution in [1.82, 2.24) is 0 Å². The highest BCUT2D eigenvalue weighted by Gasteiger charge is 2.23. The van der Waals surface area contributed by atoms with E-state index in [1.54, 1.807) is 13.0 Å². The highest BCUT2D eigenvalue weighted by atomic mass is 19.1. The molecule has 128 valence electrons. The van der Waals surface area contributed by atoms with Gasteiger partial charge in [-0.05, 0) is 55.7 Å². The SMILES string of the molecule is CCC(C)C(Cc1ccc(C)c(F)c1C(C)=O)c1ccc(C)cc1. The van der Waals surface area contributed by atoms with Gasteiger partial charge in [-0.2, -0.15) is 0 Å². The van der Waals surface area contributed by atoms with E-state index in [1.807, 2.05) is 6.07 Å². The third kappa shape index (κ3) is 3.92. The van der Waals surface area contributed by atoms with Gasteiger partial charge in [0.25, 0.3) is 0 Å². The molecule has 0 aliphatic heterocycles. The van der Waals surface area contributed by atoms with Crippen molar-refractivity contribution in [2.45, 2.75) is 53.4 Å². The number of hydrogen-bond acceptors (Lipinski definition) is 1. The first-order valence-corrected chi connectivity index (χ1v) is 8.70. The summed E-state index contributed by atoms with van der Waals surface area (Å²) in [6.45, 7) is 9.63. The zero-order valence-corrected chi connectivity index (χ0v) is 15.3. The molecule has 2 atom stereocenters. The molecule has 2 heteroatoms. The Morgan fingerprint density at radius 3 is 2.25 bits per heavy atom. The van der Waals surface area contributed by atoms with Crippen LogP contribution in [0, 0.1) is 25.6 Å². The summed E-state index contributed by atoms with van der Waals surface area (Å²) in [5, 5.41) is 0. The minimum atomic E-state index is -0.369. The van der Waals surface area contributed by atoms with Gasteiger partial charge in [0.1, 0.15) is 5.82 Å². The fraction of sp³-hybridized carbons (Fsp3) is 0.409. The van der Waals surface area contributed by atoms with E-state index in [-0.39, 0.29) is 23.1 Å². The Morgan fingerprint density at radius 2 is 1.71 bits per heavy atom. The highest BCUT2D eigenvalue weighted by Crippen LogP contribution is 2.33. The molecule has 0 radical (unpaired) electrons. The van der Waals surface area contributed by atoms with Crippen LogP contribution in [0.15, 0.2) is 36.4 Å². The predicted molar refractivity (Wildman–Crippen MR) is 98.2 cm³/mol. The smallest absolute Gasteiger partial charge is 0.163 e. The van der Waals surface area contributed by atoms with E-state index >= 15 is 0 Å². The van der Waals surface area contributed by atoms with E-state index in [0.717, 1.165) is 12.0 Å². The molecular formula is C22H27FO. The second-order valence-electron chi connectivity index (χ2n) is 6.89. The number of hydrogen-bond donors (Lipinski definition) is 0. The van der Waals surface area contributed by atoms with Crippen LogP contribution >= 0.6 is 0 Å². The van der Waals surface area contributed by atoms with Crippen molar-refractivity contribution in [3.05, 3.63) is 70.0 Å². The van der Waals surface area contributed by atoms with Gasteiger partial charge < -0.3 is 0 Å². The maximum atomic E-state index is 14.5. The van der Waals surface area contributed by atoms with Crippen LogP contribution in [-0.4, -0.2) is 5.78 Å². The van der Waals surface area contributed by atoms with Gasteiger partial charge in [0, 0.05) is 0 Å². The van der Waals surface area contributed by atoms with E-state index in [4.69, 9.17) is 0 Å². The van der Waals surface area contributed by atoms with Crippen LogP contribution in [0.2, 0.25) is 0 Å². The molecule has 2 unspecified atom stereocenters. The first-order valence-electron chi connectivity index (χ1n) is 8.70. The second-order valence-corrected chi connectivity index (χ2v) is 6.89. The van der Waals surface area contributed by atoms with E-state index in [2.05, 4.69) is 45.0 Å². The lowest BCUT2D eigenvalue weighted by Crippen LogP contribution is -2.15. The molecule has 0 N–H and O–H groups in total. The second kappa shape index (κ2) is 7.74. The minimum absolute atomic E-state index is 0.196. The van der Waals surface area contributed by atoms with Crippen LogP contribution in [0.5, 0.6) is 0 Å². The number of rotatable bonds is 6. The zero-order chi connectivity index (χ0) is 17.9. The van der Waals surface area contributed by atoms with Gasteiger partial charge >= 0.3 is 0 Å². The average Bonchev–Trinajstić information content (AvgIpc) is 2.55. The summed E-state index contributed by atoms with van der Waals surface area (Å²) in [7, 11) is 0. The molecule has 0 fully saturated rings. The predicted octanol–water partition coefficient (Wildman–Crippen LogP) is 6.02. The average molecular weight is 326 g/mol. The van der Waals surface area contributed by atoms with Crippen LogP contribution in [-0.2, 0) is 6.42 Å². The summed E-state index contributed by atoms with van der Waals surface area (Å²) in [6.07, 6.45) is 1.73. The van der Waals surface area contributed by atoms with Gasteiger partial charge in [-0.3, -0.25) is 4.79 Å². The Labute approximate surface area is 144 Å². The number of aryl methyl sites for hydroxylation is 2. The van der Waals surface area contributed by atoms with E-state index in [9.17, 15) is 9.18 Å². The molecule has 2 aromatic rings. The molecular weight excluding hydrogens is 299 g/mol. The van der Waals surface area contributed by atoms with Crippen molar-refractivity contribution in [1.29, 1.82) is 0 Å². The summed E-state index contributed by atoms with van der Waals surface area (Å²) in [5.41, 5.74) is 4.09. The lowest BCUT2D eigenvalue weighted by Gasteiger charge is -2.25. The molecule has 0 amide bonds. The van der Waals surface area contributed by atoms with Crippen LogP contribution in [0.3, 0.4) is 0 Å². The number of carbonyl (C=O) groups excluding carboxylic acids is 1. The van der Waals surface area contributed by atoms with Crippen molar-refractivity contribution in [3.8, 4) is 0 Å². The van der Waals surface area contributed by atoms with Crippen molar-refractivity contribution < 1.29 is 9.18 Å². The molecule has 0 heterocycles. The third-order valence-electron chi connectivity index (χ3n) is 5.05. The first-order chi connectivity index (χ1) is 11.3. The quantitative estimate of drug-likeness (QED) is 0.593. The van der Waals surface area contributed by atoms with Crippen molar-refractivity contribution in [3.63, 3.8) is 0 Å². The largest absolute Gasteiger partial charge is 0.294 e. The summed E-state index contributed by atoms with van der Waals surface area (Å²) >= 11 is 0. The van der Waals surface area contributed by atoms with Gasteiger partial charge in [-0.15, -0.1) is 0 Å². The monoisotopic (exact) mass is 326 g/mol. The van der Waals surface area contributed by atoms with E-state index in [1.165, 1.54) is 18.1 Å². The topological polar surface area (TPSA) is 17.1 Å². The summed E-state index contributed by atoms with van der Waals surface area (Å²) in [4.78, 5) is 12.0. The standard InChI is InChI=1S/C22H27FO/c1-6-15(3)20(18-10-7-14(2)8-11-18)13-19-12-9-16(4)22(23)21(19)17(5)24/h7-12,15,20H,6,13H2,1-5H3. The Hall–Kier alpha value is -1.96. The van der Waals surface area contributed by atoms with E-state index < -0.39 is 0 Å². The Kier molecular flexibility index (Phi) is 5.93. The van der Waals surface area contributed by atoms with Crippen molar-refractivity contribution >= 4 is 5.78 Å². The lowest BCUT2D eigenvalue weighted by atomic mass is 9.79. The lowest BCUT2D eigenvalue weighted by molar-refractivity contribution is 0.101. The molecule has 2 rings (SSSR count). The molecule has 0 bridgehead atoms. The van der Waals surface area contributed by atoms with Gasteiger partial charge in [-0.25, -0.2) is 4.39 Å². The number of ketones is 1. The molecule has 0 aliphatic rings. The van der Waals surface area contributed by atoms with Gasteiger partial charge in [0.2, 0.25) is 0 Å². The van der Waals surface area contributed by atoms with Crippen LogP contribution < -0.4 is 0 Å². The third-order valence-corrected chi connectivity index (χ3v) is 5.05. The number of benzene rings is 2. The number of carbonyl (C=O) groups is 1. The molecule has 2 aromatic carbocycles. The molecule has 1 nitrogen and oxygen atoms in total. The van der Waals surface area contributed by atoms with Crippen molar-refractivity contribution in [2.24, 2.45) is 5.92 Å². The Balaban J connectivity index is 2.46. The molecule has 0 aromatic heterocycles. The normalized spacial score (nSPS) is 13.6. The Morgan fingerprint density at radius 1 is 1.08 bits per heavy atom. The number of Topliss-reactive ketones (excluding diaryl/α,β-unsaturated/α-hetero) is 1. The number of halogens is 1. The molecule has 0 saturated carbocycles. The summed E-state index contributed by atoms with van der Waals surface area (Å²) in [6, 6.07) is 12.2. The molecule has 24 heavy (non-hydrogen) atoms. The maximum absolute atomic E-state index is 14.5. The zero-order valence-electron chi connectivity index (χ0n) is 15.3. The fourth-order valence-corrected chi connectivity index (χ4v) is 3.25. The molecule has 0 saturated heterocycles. The van der Waals surface area contributed by atoms with Gasteiger partial charge in [0.15, 0.2) is 5.78 Å². The van der Waals surface area contributed by atoms with Crippen molar-refractivity contribution in [2.75, 3.05) is 0 Å². The van der Waals surface area contributed by atoms with Crippen LogP contribution in [0.4, 0.5) is 4.39 Å². The van der Waals surface area contributed by atoms with Crippen LogP contribution in [0.1, 0.15) is 65.7 Å².